The number of amides is 1. The second-order valence-electron chi connectivity index (χ2n) is 4.61. The number of nitrogens with one attached hydrogen (secondary N) is 1. The number of carbonyl (C=O) groups is 1. The van der Waals surface area contributed by atoms with Crippen molar-refractivity contribution in [2.75, 3.05) is 0 Å². The van der Waals surface area contributed by atoms with Gasteiger partial charge in [0.05, 0.1) is 17.8 Å². The van der Waals surface area contributed by atoms with Crippen LogP contribution in [0.2, 0.25) is 0 Å². The molecule has 0 fully saturated rings. The number of rotatable bonds is 4. The SMILES string of the molecule is O=C(NO)c1ccc(Cn2cnc(-c3ccccc3)n2)nc1. The van der Waals surface area contributed by atoms with Crippen LogP contribution in [0.15, 0.2) is 55.0 Å². The summed E-state index contributed by atoms with van der Waals surface area (Å²) in [6.45, 7) is 0.445. The van der Waals surface area contributed by atoms with Crippen molar-refractivity contribution < 1.29 is 10.0 Å². The lowest BCUT2D eigenvalue weighted by Gasteiger charge is -2.02. The van der Waals surface area contributed by atoms with Gasteiger partial charge in [-0.05, 0) is 12.1 Å². The summed E-state index contributed by atoms with van der Waals surface area (Å²) in [4.78, 5) is 19.6. The molecule has 0 bridgehead atoms. The van der Waals surface area contributed by atoms with Gasteiger partial charge in [0.25, 0.3) is 5.91 Å². The first kappa shape index (κ1) is 13.9. The molecular formula is C15H13N5O2. The van der Waals surface area contributed by atoms with Gasteiger partial charge in [0, 0.05) is 11.8 Å². The molecule has 7 heteroatoms. The highest BCUT2D eigenvalue weighted by atomic mass is 16.5. The molecule has 2 N–H and O–H groups in total. The monoisotopic (exact) mass is 295 g/mol. The Morgan fingerprint density at radius 1 is 1.14 bits per heavy atom. The van der Waals surface area contributed by atoms with Gasteiger partial charge in [0.2, 0.25) is 0 Å². The standard InChI is InChI=1S/C15H13N5O2/c21-15(19-22)12-6-7-13(16-8-12)9-20-10-17-14(18-20)11-4-2-1-3-5-11/h1-8,10,22H,9H2,(H,19,21). The van der Waals surface area contributed by atoms with Crippen LogP contribution in [0.1, 0.15) is 16.1 Å². The van der Waals surface area contributed by atoms with E-state index in [-0.39, 0.29) is 5.56 Å². The summed E-state index contributed by atoms with van der Waals surface area (Å²) < 4.78 is 1.68. The van der Waals surface area contributed by atoms with Crippen molar-refractivity contribution in [3.8, 4) is 11.4 Å². The van der Waals surface area contributed by atoms with Crippen molar-refractivity contribution in [1.29, 1.82) is 0 Å². The Balaban J connectivity index is 1.74. The van der Waals surface area contributed by atoms with E-state index in [1.807, 2.05) is 30.3 Å². The van der Waals surface area contributed by atoms with Crippen molar-refractivity contribution in [3.63, 3.8) is 0 Å². The van der Waals surface area contributed by atoms with E-state index >= 15 is 0 Å². The highest BCUT2D eigenvalue weighted by molar-refractivity contribution is 5.92. The van der Waals surface area contributed by atoms with Crippen molar-refractivity contribution in [2.24, 2.45) is 0 Å². The molecule has 0 aliphatic carbocycles. The van der Waals surface area contributed by atoms with E-state index in [4.69, 9.17) is 5.21 Å². The molecule has 0 spiro atoms. The van der Waals surface area contributed by atoms with Gasteiger partial charge in [-0.2, -0.15) is 5.10 Å². The maximum absolute atomic E-state index is 11.2. The van der Waals surface area contributed by atoms with E-state index in [0.717, 1.165) is 11.3 Å². The van der Waals surface area contributed by atoms with Crippen LogP contribution in [0.5, 0.6) is 0 Å². The number of nitrogens with zero attached hydrogens (tertiary/aromatic N) is 4. The number of pyridine rings is 1. The first-order valence-electron chi connectivity index (χ1n) is 6.60. The average molecular weight is 295 g/mol. The van der Waals surface area contributed by atoms with Gasteiger partial charge >= 0.3 is 0 Å². The molecule has 0 aliphatic rings. The number of hydrogen-bond donors (Lipinski definition) is 2. The molecule has 22 heavy (non-hydrogen) atoms. The second-order valence-corrected chi connectivity index (χ2v) is 4.61. The third-order valence-corrected chi connectivity index (χ3v) is 3.08. The van der Waals surface area contributed by atoms with Gasteiger partial charge in [0.15, 0.2) is 5.82 Å². The molecule has 0 radical (unpaired) electrons. The van der Waals surface area contributed by atoms with E-state index in [9.17, 15) is 4.79 Å². The van der Waals surface area contributed by atoms with Crippen LogP contribution in [-0.4, -0.2) is 30.9 Å². The predicted molar refractivity (Wildman–Crippen MR) is 78.0 cm³/mol. The van der Waals surface area contributed by atoms with Crippen LogP contribution < -0.4 is 5.48 Å². The molecule has 3 rings (SSSR count). The number of aromatic nitrogens is 4. The van der Waals surface area contributed by atoms with Gasteiger partial charge in [-0.25, -0.2) is 15.1 Å². The lowest BCUT2D eigenvalue weighted by atomic mass is 10.2. The zero-order valence-electron chi connectivity index (χ0n) is 11.5. The Kier molecular flexibility index (Phi) is 3.88. The maximum Gasteiger partial charge on any atom is 0.276 e. The quantitative estimate of drug-likeness (QED) is 0.562. The zero-order valence-corrected chi connectivity index (χ0v) is 11.5. The van der Waals surface area contributed by atoms with E-state index in [1.165, 1.54) is 6.20 Å². The zero-order chi connectivity index (χ0) is 15.4. The third-order valence-electron chi connectivity index (χ3n) is 3.08. The molecule has 110 valence electrons. The van der Waals surface area contributed by atoms with Crippen LogP contribution in [0.25, 0.3) is 11.4 Å². The van der Waals surface area contributed by atoms with Gasteiger partial charge in [0.1, 0.15) is 6.33 Å². The third kappa shape index (κ3) is 2.99. The Hall–Kier alpha value is -3.06. The first-order chi connectivity index (χ1) is 10.8. The molecule has 2 heterocycles. The molecule has 1 aromatic carbocycles. The Morgan fingerprint density at radius 2 is 1.95 bits per heavy atom. The Bertz CT molecular complexity index is 768. The molecule has 0 unspecified atom stereocenters. The summed E-state index contributed by atoms with van der Waals surface area (Å²) in [7, 11) is 0. The second kappa shape index (κ2) is 6.15. The minimum atomic E-state index is -0.592. The molecule has 0 saturated heterocycles. The summed E-state index contributed by atoms with van der Waals surface area (Å²) in [6, 6.07) is 13.0. The van der Waals surface area contributed by atoms with E-state index in [2.05, 4.69) is 15.1 Å². The minimum absolute atomic E-state index is 0.287. The fourth-order valence-electron chi connectivity index (χ4n) is 1.97. The van der Waals surface area contributed by atoms with Crippen LogP contribution >= 0.6 is 0 Å². The highest BCUT2D eigenvalue weighted by Gasteiger charge is 2.07. The van der Waals surface area contributed by atoms with Crippen molar-refractivity contribution >= 4 is 5.91 Å². The summed E-state index contributed by atoms with van der Waals surface area (Å²) >= 11 is 0. The van der Waals surface area contributed by atoms with Gasteiger partial charge in [-0.1, -0.05) is 30.3 Å². The smallest absolute Gasteiger partial charge is 0.276 e. The van der Waals surface area contributed by atoms with Crippen LogP contribution in [0.4, 0.5) is 0 Å². The van der Waals surface area contributed by atoms with Crippen LogP contribution in [0, 0.1) is 0 Å². The lowest BCUT2D eigenvalue weighted by Crippen LogP contribution is -2.18. The number of carbonyl (C=O) groups excluding carboxylic acids is 1. The molecule has 7 nitrogen and oxygen atoms in total. The molecule has 0 saturated carbocycles. The predicted octanol–water partition coefficient (Wildman–Crippen LogP) is 1.51. The van der Waals surface area contributed by atoms with Gasteiger partial charge in [-0.15, -0.1) is 0 Å². The van der Waals surface area contributed by atoms with E-state index in [0.29, 0.717) is 12.4 Å². The van der Waals surface area contributed by atoms with E-state index in [1.54, 1.807) is 28.6 Å². The molecule has 3 aromatic rings. The summed E-state index contributed by atoms with van der Waals surface area (Å²) in [6.07, 6.45) is 3.04. The Labute approximate surface area is 126 Å². The fraction of sp³-hybridized carbons (Fsp3) is 0.0667. The highest BCUT2D eigenvalue weighted by Crippen LogP contribution is 2.13. The fourth-order valence-corrected chi connectivity index (χ4v) is 1.97. The number of hydroxylamine groups is 1. The van der Waals surface area contributed by atoms with Crippen LogP contribution in [-0.2, 0) is 6.54 Å². The summed E-state index contributed by atoms with van der Waals surface area (Å²) in [5.41, 5.74) is 3.54. The molecule has 0 atom stereocenters. The largest absolute Gasteiger partial charge is 0.288 e. The molecule has 2 aromatic heterocycles. The van der Waals surface area contributed by atoms with Gasteiger partial charge in [-0.3, -0.25) is 15.0 Å². The lowest BCUT2D eigenvalue weighted by molar-refractivity contribution is 0.0706. The summed E-state index contributed by atoms with van der Waals surface area (Å²) in [5, 5.41) is 12.9. The molecule has 0 aliphatic heterocycles. The van der Waals surface area contributed by atoms with E-state index < -0.39 is 5.91 Å². The molecule has 1 amide bonds. The van der Waals surface area contributed by atoms with Crippen LogP contribution in [0.3, 0.4) is 0 Å². The first-order valence-corrected chi connectivity index (χ1v) is 6.60. The molecular weight excluding hydrogens is 282 g/mol. The minimum Gasteiger partial charge on any atom is -0.288 e. The van der Waals surface area contributed by atoms with Crippen molar-refractivity contribution in [1.82, 2.24) is 25.2 Å². The van der Waals surface area contributed by atoms with Crippen molar-refractivity contribution in [2.45, 2.75) is 6.54 Å². The number of benzene rings is 1. The average Bonchev–Trinajstić information content (AvgIpc) is 3.04. The normalized spacial score (nSPS) is 10.4. The van der Waals surface area contributed by atoms with Gasteiger partial charge < -0.3 is 0 Å². The Morgan fingerprint density at radius 3 is 2.64 bits per heavy atom. The topological polar surface area (TPSA) is 92.9 Å². The maximum atomic E-state index is 11.2. The summed E-state index contributed by atoms with van der Waals surface area (Å²) in [5.74, 6) is 0.0584. The van der Waals surface area contributed by atoms with Crippen molar-refractivity contribution in [3.05, 3.63) is 66.2 Å². The number of hydrogen-bond acceptors (Lipinski definition) is 5.